The third kappa shape index (κ3) is 2.61. The van der Waals surface area contributed by atoms with E-state index in [9.17, 15) is 13.2 Å². The highest BCUT2D eigenvalue weighted by Gasteiger charge is 2.29. The number of halogens is 3. The van der Waals surface area contributed by atoms with Crippen molar-refractivity contribution >= 4 is 0 Å². The molecule has 0 saturated heterocycles. The van der Waals surface area contributed by atoms with Crippen LogP contribution in [0.4, 0.5) is 13.2 Å². The zero-order chi connectivity index (χ0) is 8.48. The van der Waals surface area contributed by atoms with Crippen molar-refractivity contribution < 1.29 is 17.7 Å². The number of hydrogen-bond acceptors (Lipinski definition) is 2. The summed E-state index contributed by atoms with van der Waals surface area (Å²) in [5.41, 5.74) is -0.0741. The summed E-state index contributed by atoms with van der Waals surface area (Å²) in [6, 6.07) is 1.27. The first-order valence-electron chi connectivity index (χ1n) is 2.96. The Labute approximate surface area is 61.0 Å². The number of alkyl halides is 3. The molecule has 62 valence electrons. The molecule has 0 radical (unpaired) electrons. The summed E-state index contributed by atoms with van der Waals surface area (Å²) in [7, 11) is 0. The van der Waals surface area contributed by atoms with E-state index in [1.54, 1.807) is 6.92 Å². The quantitative estimate of drug-likeness (QED) is 0.636. The van der Waals surface area contributed by atoms with Gasteiger partial charge in [-0.3, -0.25) is 0 Å². The second-order valence-corrected chi connectivity index (χ2v) is 2.22. The molecule has 0 unspecified atom stereocenters. The first kappa shape index (κ1) is 8.10. The van der Waals surface area contributed by atoms with E-state index in [1.807, 2.05) is 0 Å². The lowest BCUT2D eigenvalue weighted by atomic mass is 10.3. The van der Waals surface area contributed by atoms with Gasteiger partial charge in [-0.2, -0.15) is 13.2 Å². The second-order valence-electron chi connectivity index (χ2n) is 2.22. The normalized spacial score (nSPS) is 12.0. The lowest BCUT2D eigenvalue weighted by Crippen LogP contribution is -2.11. The summed E-state index contributed by atoms with van der Waals surface area (Å²) in [5, 5.41) is 3.21. The SMILES string of the molecule is Cc1cc(CC(F)(F)F)no1. The highest BCUT2D eigenvalue weighted by Crippen LogP contribution is 2.20. The summed E-state index contributed by atoms with van der Waals surface area (Å²) in [5.74, 6) is 0.393. The summed E-state index contributed by atoms with van der Waals surface area (Å²) >= 11 is 0. The van der Waals surface area contributed by atoms with Gasteiger partial charge in [0, 0.05) is 6.07 Å². The van der Waals surface area contributed by atoms with Crippen LogP contribution in [0.1, 0.15) is 11.5 Å². The lowest BCUT2D eigenvalue weighted by Gasteiger charge is -2.00. The minimum Gasteiger partial charge on any atom is -0.361 e. The molecular formula is C6H6F3NO. The number of aromatic nitrogens is 1. The van der Waals surface area contributed by atoms with E-state index >= 15 is 0 Å². The van der Waals surface area contributed by atoms with E-state index in [0.29, 0.717) is 5.76 Å². The molecule has 1 aromatic rings. The van der Waals surface area contributed by atoms with Crippen molar-refractivity contribution in [1.29, 1.82) is 0 Å². The monoisotopic (exact) mass is 165 g/mol. The average molecular weight is 165 g/mol. The van der Waals surface area contributed by atoms with Crippen molar-refractivity contribution in [2.45, 2.75) is 19.5 Å². The molecule has 1 heterocycles. The molecule has 0 amide bonds. The summed E-state index contributed by atoms with van der Waals surface area (Å²) < 4.78 is 39.5. The van der Waals surface area contributed by atoms with Crippen LogP contribution in [0.2, 0.25) is 0 Å². The molecule has 0 fully saturated rings. The predicted octanol–water partition coefficient (Wildman–Crippen LogP) is 2.09. The molecule has 0 aromatic carbocycles. The molecule has 0 bridgehead atoms. The third-order valence-electron chi connectivity index (χ3n) is 1.06. The average Bonchev–Trinajstić information content (AvgIpc) is 2.10. The Balaban J connectivity index is 2.65. The maximum atomic E-state index is 11.7. The number of aryl methyl sites for hydroxylation is 1. The zero-order valence-electron chi connectivity index (χ0n) is 5.77. The third-order valence-corrected chi connectivity index (χ3v) is 1.06. The second kappa shape index (κ2) is 2.56. The van der Waals surface area contributed by atoms with Crippen LogP contribution in [-0.4, -0.2) is 11.3 Å². The lowest BCUT2D eigenvalue weighted by molar-refractivity contribution is -0.128. The van der Waals surface area contributed by atoms with Crippen molar-refractivity contribution in [3.63, 3.8) is 0 Å². The summed E-state index contributed by atoms with van der Waals surface area (Å²) in [4.78, 5) is 0. The van der Waals surface area contributed by atoms with Gasteiger partial charge in [0.25, 0.3) is 0 Å². The van der Waals surface area contributed by atoms with Crippen LogP contribution in [0.15, 0.2) is 10.6 Å². The maximum absolute atomic E-state index is 11.7. The standard InChI is InChI=1S/C6H6F3NO/c1-4-2-5(10-11-4)3-6(7,8)9/h2H,3H2,1H3. The largest absolute Gasteiger partial charge is 0.394 e. The van der Waals surface area contributed by atoms with Gasteiger partial charge in [0.05, 0.1) is 12.1 Å². The number of nitrogens with zero attached hydrogens (tertiary/aromatic N) is 1. The van der Waals surface area contributed by atoms with Gasteiger partial charge in [-0.05, 0) is 6.92 Å². The first-order chi connectivity index (χ1) is 4.97. The van der Waals surface area contributed by atoms with Crippen molar-refractivity contribution in [3.05, 3.63) is 17.5 Å². The summed E-state index contributed by atoms with van der Waals surface area (Å²) in [6.07, 6.45) is -5.23. The van der Waals surface area contributed by atoms with Crippen molar-refractivity contribution in [2.75, 3.05) is 0 Å². The molecule has 0 N–H and O–H groups in total. The van der Waals surface area contributed by atoms with Crippen molar-refractivity contribution in [1.82, 2.24) is 5.16 Å². The van der Waals surface area contributed by atoms with E-state index in [2.05, 4.69) is 9.68 Å². The Kier molecular flexibility index (Phi) is 1.89. The minimum absolute atomic E-state index is 0.0741. The fraction of sp³-hybridized carbons (Fsp3) is 0.500. The van der Waals surface area contributed by atoms with Gasteiger partial charge in [0.2, 0.25) is 0 Å². The Morgan fingerprint density at radius 2 is 2.18 bits per heavy atom. The van der Waals surface area contributed by atoms with Crippen LogP contribution in [0, 0.1) is 6.92 Å². The van der Waals surface area contributed by atoms with Gasteiger partial charge in [0.15, 0.2) is 0 Å². The van der Waals surface area contributed by atoms with Crippen LogP contribution in [-0.2, 0) is 6.42 Å². The van der Waals surface area contributed by atoms with E-state index in [1.165, 1.54) is 6.07 Å². The van der Waals surface area contributed by atoms with Gasteiger partial charge in [-0.1, -0.05) is 5.16 Å². The van der Waals surface area contributed by atoms with Crippen LogP contribution in [0.25, 0.3) is 0 Å². The summed E-state index contributed by atoms with van der Waals surface area (Å²) in [6.45, 7) is 1.55. The molecule has 1 aromatic heterocycles. The van der Waals surface area contributed by atoms with Crippen LogP contribution in [0.3, 0.4) is 0 Å². The van der Waals surface area contributed by atoms with Gasteiger partial charge < -0.3 is 4.52 Å². The fourth-order valence-electron chi connectivity index (χ4n) is 0.707. The van der Waals surface area contributed by atoms with E-state index in [4.69, 9.17) is 0 Å². The Bertz CT molecular complexity index is 240. The van der Waals surface area contributed by atoms with Crippen LogP contribution in [0.5, 0.6) is 0 Å². The number of hydrogen-bond donors (Lipinski definition) is 0. The molecule has 2 nitrogen and oxygen atoms in total. The smallest absolute Gasteiger partial charge is 0.361 e. The Hall–Kier alpha value is -1.00. The molecule has 0 aliphatic rings. The molecule has 0 spiro atoms. The van der Waals surface area contributed by atoms with E-state index in [0.717, 1.165) is 0 Å². The molecular weight excluding hydrogens is 159 g/mol. The molecule has 1 rings (SSSR count). The first-order valence-corrected chi connectivity index (χ1v) is 2.96. The molecule has 0 atom stereocenters. The Morgan fingerprint density at radius 3 is 2.55 bits per heavy atom. The van der Waals surface area contributed by atoms with Gasteiger partial charge in [-0.15, -0.1) is 0 Å². The van der Waals surface area contributed by atoms with E-state index in [-0.39, 0.29) is 5.69 Å². The molecule has 0 saturated carbocycles. The number of rotatable bonds is 1. The minimum atomic E-state index is -4.21. The zero-order valence-corrected chi connectivity index (χ0v) is 5.77. The Morgan fingerprint density at radius 1 is 1.55 bits per heavy atom. The fourth-order valence-corrected chi connectivity index (χ4v) is 0.707. The molecule has 5 heteroatoms. The van der Waals surface area contributed by atoms with Crippen LogP contribution < -0.4 is 0 Å². The highest BCUT2D eigenvalue weighted by atomic mass is 19.4. The highest BCUT2D eigenvalue weighted by molar-refractivity contribution is 5.04. The predicted molar refractivity (Wildman–Crippen MR) is 31.0 cm³/mol. The van der Waals surface area contributed by atoms with E-state index < -0.39 is 12.6 Å². The molecule has 0 aliphatic carbocycles. The van der Waals surface area contributed by atoms with Gasteiger partial charge in [0.1, 0.15) is 5.76 Å². The maximum Gasteiger partial charge on any atom is 0.394 e. The van der Waals surface area contributed by atoms with Gasteiger partial charge in [-0.25, -0.2) is 0 Å². The topological polar surface area (TPSA) is 26.0 Å². The molecule has 0 aliphatic heterocycles. The van der Waals surface area contributed by atoms with Crippen molar-refractivity contribution in [3.8, 4) is 0 Å². The van der Waals surface area contributed by atoms with Crippen LogP contribution >= 0.6 is 0 Å². The molecule has 11 heavy (non-hydrogen) atoms. The van der Waals surface area contributed by atoms with Gasteiger partial charge >= 0.3 is 6.18 Å². The van der Waals surface area contributed by atoms with Crippen molar-refractivity contribution in [2.24, 2.45) is 0 Å².